The molecule has 4 heterocycles. The van der Waals surface area contributed by atoms with Gasteiger partial charge in [-0.25, -0.2) is 9.97 Å². The Morgan fingerprint density at radius 1 is 0.825 bits per heavy atom. The summed E-state index contributed by atoms with van der Waals surface area (Å²) < 4.78 is 0. The number of hydrogen-bond donors (Lipinski definition) is 3. The third-order valence-electron chi connectivity index (χ3n) is 8.38. The number of nitrogens with zero attached hydrogens (tertiary/aromatic N) is 4. The minimum Gasteiger partial charge on any atom is -0.345 e. The molecule has 0 saturated carbocycles. The summed E-state index contributed by atoms with van der Waals surface area (Å²) in [6.45, 7) is 5.60. The number of hydrogen-bond acceptors (Lipinski definition) is 5. The zero-order valence-electron chi connectivity index (χ0n) is 23.2. The normalized spacial score (nSPS) is 20.4. The van der Waals surface area contributed by atoms with Gasteiger partial charge in [0.2, 0.25) is 5.91 Å². The van der Waals surface area contributed by atoms with Crippen LogP contribution in [0.4, 0.5) is 0 Å². The van der Waals surface area contributed by atoms with Crippen molar-refractivity contribution in [3.63, 3.8) is 0 Å². The van der Waals surface area contributed by atoms with E-state index < -0.39 is 6.04 Å². The summed E-state index contributed by atoms with van der Waals surface area (Å²) in [7, 11) is 6.11. The molecule has 204 valence electrons. The largest absolute Gasteiger partial charge is 0.345 e. The number of nitrogens with one attached hydrogen (secondary N) is 2. The molecule has 2 aliphatic heterocycles. The number of H-pyrrole nitrogens is 2. The van der Waals surface area contributed by atoms with Crippen molar-refractivity contribution in [3.8, 4) is 33.6 Å². The molecule has 4 N–H and O–H groups in total. The summed E-state index contributed by atoms with van der Waals surface area (Å²) >= 11 is 0. The quantitative estimate of drug-likeness (QED) is 0.290. The Labute approximate surface area is 236 Å². The second kappa shape index (κ2) is 11.1. The van der Waals surface area contributed by atoms with Crippen molar-refractivity contribution >= 4 is 13.9 Å². The minimum absolute atomic E-state index is 0.00908. The number of carbonyl (C=O) groups is 1. The smallest absolute Gasteiger partial charge is 0.240 e. The Balaban J connectivity index is 1.14. The lowest BCUT2D eigenvalue weighted by molar-refractivity contribution is -0.134. The highest BCUT2D eigenvalue weighted by Gasteiger charge is 2.35. The number of benzene rings is 2. The second-order valence-electron chi connectivity index (χ2n) is 11.4. The molecule has 2 fully saturated rings. The number of aromatic amines is 2. The lowest BCUT2D eigenvalue weighted by Crippen LogP contribution is -2.46. The third-order valence-corrected chi connectivity index (χ3v) is 8.38. The van der Waals surface area contributed by atoms with Gasteiger partial charge in [-0.3, -0.25) is 4.79 Å². The van der Waals surface area contributed by atoms with Crippen LogP contribution >= 0.6 is 0 Å². The molecule has 2 aromatic heterocycles. The SMILES string of the molecule is [B]N1CCC[C@@H]1c1ncc(-c2ccc(-c3ccc(-c4cnc([C@@H]5CCCN5C(=O)[C@H](N)C(C)C)[nH]4)cc3)cc2)[nH]1. The van der Waals surface area contributed by atoms with E-state index in [4.69, 9.17) is 13.7 Å². The van der Waals surface area contributed by atoms with Crippen molar-refractivity contribution in [2.24, 2.45) is 11.7 Å². The first-order chi connectivity index (χ1) is 19.4. The first kappa shape index (κ1) is 26.5. The number of likely N-dealkylation sites (tertiary alicyclic amines) is 1. The van der Waals surface area contributed by atoms with Gasteiger partial charge >= 0.3 is 0 Å². The van der Waals surface area contributed by atoms with Gasteiger partial charge < -0.3 is 25.4 Å². The van der Waals surface area contributed by atoms with E-state index >= 15 is 0 Å². The second-order valence-corrected chi connectivity index (χ2v) is 11.4. The van der Waals surface area contributed by atoms with E-state index in [2.05, 4.69) is 68.5 Å². The molecule has 2 radical (unpaired) electrons. The fourth-order valence-corrected chi connectivity index (χ4v) is 5.86. The van der Waals surface area contributed by atoms with E-state index in [0.29, 0.717) is 0 Å². The molecule has 0 unspecified atom stereocenters. The molecule has 1 amide bonds. The van der Waals surface area contributed by atoms with E-state index in [-0.39, 0.29) is 23.9 Å². The summed E-state index contributed by atoms with van der Waals surface area (Å²) in [5.41, 5.74) is 12.6. The van der Waals surface area contributed by atoms with Gasteiger partial charge in [-0.15, -0.1) is 0 Å². The van der Waals surface area contributed by atoms with Crippen molar-refractivity contribution in [3.05, 3.63) is 72.6 Å². The molecule has 8 nitrogen and oxygen atoms in total. The maximum Gasteiger partial charge on any atom is 0.240 e. The highest BCUT2D eigenvalue weighted by Crippen LogP contribution is 2.34. The van der Waals surface area contributed by atoms with Crippen LogP contribution in [0.25, 0.3) is 33.6 Å². The topological polar surface area (TPSA) is 107 Å². The maximum atomic E-state index is 12.9. The van der Waals surface area contributed by atoms with E-state index in [1.165, 1.54) is 0 Å². The Kier molecular flexibility index (Phi) is 7.34. The molecule has 2 aliphatic rings. The number of amides is 1. The number of imidazole rings is 2. The van der Waals surface area contributed by atoms with E-state index in [9.17, 15) is 4.79 Å². The summed E-state index contributed by atoms with van der Waals surface area (Å²) in [6.07, 6.45) is 7.73. The molecule has 40 heavy (non-hydrogen) atoms. The molecule has 0 aliphatic carbocycles. The summed E-state index contributed by atoms with van der Waals surface area (Å²) in [6, 6.07) is 16.6. The molecule has 6 rings (SSSR count). The molecule has 9 heteroatoms. The van der Waals surface area contributed by atoms with Crippen LogP contribution in [-0.2, 0) is 4.79 Å². The summed E-state index contributed by atoms with van der Waals surface area (Å²) in [5.74, 6) is 1.87. The Morgan fingerprint density at radius 3 is 1.80 bits per heavy atom. The number of nitrogens with two attached hydrogens (primary N) is 1. The number of rotatable bonds is 7. The summed E-state index contributed by atoms with van der Waals surface area (Å²) in [4.78, 5) is 32.9. The van der Waals surface area contributed by atoms with Crippen LogP contribution in [0.5, 0.6) is 0 Å². The van der Waals surface area contributed by atoms with Gasteiger partial charge in [-0.05, 0) is 60.4 Å². The van der Waals surface area contributed by atoms with Crippen molar-refractivity contribution < 1.29 is 4.79 Å². The van der Waals surface area contributed by atoms with Gasteiger partial charge in [-0.1, -0.05) is 62.4 Å². The first-order valence-electron chi connectivity index (χ1n) is 14.3. The van der Waals surface area contributed by atoms with Crippen LogP contribution in [-0.4, -0.2) is 62.7 Å². The van der Waals surface area contributed by atoms with E-state index in [1.54, 1.807) is 0 Å². The van der Waals surface area contributed by atoms with Gasteiger partial charge in [0.05, 0.1) is 41.9 Å². The van der Waals surface area contributed by atoms with Crippen molar-refractivity contribution in [1.29, 1.82) is 0 Å². The van der Waals surface area contributed by atoms with Crippen LogP contribution in [0.1, 0.15) is 63.3 Å². The molecule has 0 bridgehead atoms. The van der Waals surface area contributed by atoms with Crippen molar-refractivity contribution in [2.45, 2.75) is 57.7 Å². The van der Waals surface area contributed by atoms with Crippen molar-refractivity contribution in [2.75, 3.05) is 13.1 Å². The zero-order chi connectivity index (χ0) is 27.8. The fraction of sp³-hybridized carbons (Fsp3) is 0.387. The molecule has 2 aromatic carbocycles. The predicted molar refractivity (Wildman–Crippen MR) is 158 cm³/mol. The van der Waals surface area contributed by atoms with Crippen LogP contribution in [0.15, 0.2) is 60.9 Å². The standard InChI is InChI=1S/C31H36BN7O/c1-19(2)28(33)31(40)38-15-3-5-26(38)29-34-17-24(36-29)22-11-7-20(8-12-22)21-9-13-23(14-10-21)25-18-35-30(37-25)27-6-4-16-39(27)32/h7-14,17-19,26-28H,3-6,15-16,33H2,1-2H3,(H,34,36)(H,35,37)/t26-,27+,28+/m0/s1. The predicted octanol–water partition coefficient (Wildman–Crippen LogP) is 5.00. The van der Waals surface area contributed by atoms with Gasteiger partial charge in [0.1, 0.15) is 11.6 Å². The highest BCUT2D eigenvalue weighted by atomic mass is 16.2. The molecular weight excluding hydrogens is 497 g/mol. The molecule has 2 saturated heterocycles. The van der Waals surface area contributed by atoms with Crippen LogP contribution in [0, 0.1) is 5.92 Å². The molecular formula is C31H36BN7O. The lowest BCUT2D eigenvalue weighted by Gasteiger charge is -2.27. The maximum absolute atomic E-state index is 12.9. The Hall–Kier alpha value is -3.69. The minimum atomic E-state index is -0.484. The Morgan fingerprint density at radius 2 is 1.30 bits per heavy atom. The van der Waals surface area contributed by atoms with Gasteiger partial charge in [0.15, 0.2) is 7.98 Å². The fourth-order valence-electron chi connectivity index (χ4n) is 5.86. The van der Waals surface area contributed by atoms with E-state index in [0.717, 1.165) is 84.1 Å². The van der Waals surface area contributed by atoms with Crippen LogP contribution in [0.2, 0.25) is 0 Å². The first-order valence-corrected chi connectivity index (χ1v) is 14.3. The lowest BCUT2D eigenvalue weighted by atomic mass is 10.0. The Bertz CT molecular complexity index is 1460. The average molecular weight is 533 g/mol. The third kappa shape index (κ3) is 5.11. The summed E-state index contributed by atoms with van der Waals surface area (Å²) in [5, 5.41) is 0. The van der Waals surface area contributed by atoms with Gasteiger partial charge in [-0.2, -0.15) is 0 Å². The van der Waals surface area contributed by atoms with Crippen molar-refractivity contribution in [1.82, 2.24) is 29.6 Å². The highest BCUT2D eigenvalue weighted by molar-refractivity contribution is 6.04. The van der Waals surface area contributed by atoms with E-state index in [1.807, 2.05) is 36.0 Å². The number of carbonyl (C=O) groups excluding carboxylic acids is 1. The molecule has 4 aromatic rings. The van der Waals surface area contributed by atoms with Crippen LogP contribution < -0.4 is 5.73 Å². The monoisotopic (exact) mass is 533 g/mol. The number of aromatic nitrogens is 4. The molecule has 3 atom stereocenters. The van der Waals surface area contributed by atoms with Gasteiger partial charge in [0, 0.05) is 6.54 Å². The molecule has 0 spiro atoms. The van der Waals surface area contributed by atoms with Crippen LogP contribution in [0.3, 0.4) is 0 Å². The zero-order valence-corrected chi connectivity index (χ0v) is 23.2. The average Bonchev–Trinajstić information content (AvgIpc) is 3.78. The van der Waals surface area contributed by atoms with Gasteiger partial charge in [0.25, 0.3) is 0 Å².